The second-order valence-electron chi connectivity index (χ2n) is 5.58. The van der Waals surface area contributed by atoms with Crippen molar-refractivity contribution in [1.82, 2.24) is 0 Å². The van der Waals surface area contributed by atoms with Gasteiger partial charge in [0.15, 0.2) is 5.76 Å². The summed E-state index contributed by atoms with van der Waals surface area (Å²) < 4.78 is 45.8. The van der Waals surface area contributed by atoms with Gasteiger partial charge in [0, 0.05) is 11.8 Å². The summed E-state index contributed by atoms with van der Waals surface area (Å²) in [6.45, 7) is 1.68. The number of benzene rings is 1. The Morgan fingerprint density at radius 1 is 1.07 bits per heavy atom. The highest BCUT2D eigenvalue weighted by Gasteiger charge is 2.31. The smallest absolute Gasteiger partial charge is 0.459 e. The number of hydrogen-bond donors (Lipinski definition) is 2. The molecule has 2 aromatic heterocycles. The zero-order valence-electron chi connectivity index (χ0n) is 14.3. The van der Waals surface area contributed by atoms with Gasteiger partial charge < -0.3 is 19.8 Å². The van der Waals surface area contributed by atoms with Gasteiger partial charge in [-0.05, 0) is 42.8 Å². The summed E-state index contributed by atoms with van der Waals surface area (Å²) in [5.41, 5.74) is 0.737. The third kappa shape index (κ3) is 4.92. The van der Waals surface area contributed by atoms with Crippen molar-refractivity contribution in [3.8, 4) is 5.75 Å². The number of hydrogen-bond acceptors (Lipinski definition) is 5. The highest BCUT2D eigenvalue weighted by molar-refractivity contribution is 7.18. The third-order valence-electron chi connectivity index (χ3n) is 3.43. The predicted octanol–water partition coefficient (Wildman–Crippen LogP) is 5.05. The molecule has 10 heteroatoms. The normalized spacial score (nSPS) is 11.1. The van der Waals surface area contributed by atoms with Crippen molar-refractivity contribution in [2.75, 3.05) is 10.6 Å². The number of halogens is 3. The molecule has 0 aliphatic carbocycles. The number of alkyl halides is 3. The molecule has 0 saturated heterocycles. The van der Waals surface area contributed by atoms with Crippen molar-refractivity contribution in [3.63, 3.8) is 0 Å². The molecule has 0 radical (unpaired) electrons. The van der Waals surface area contributed by atoms with Crippen LogP contribution in [0.5, 0.6) is 5.75 Å². The number of carbonyl (C=O) groups excluding carboxylic acids is 2. The van der Waals surface area contributed by atoms with E-state index >= 15 is 0 Å². The number of thiophene rings is 1. The molecule has 28 heavy (non-hydrogen) atoms. The molecule has 0 bridgehead atoms. The second-order valence-corrected chi connectivity index (χ2v) is 6.64. The SMILES string of the molecule is Cc1cc(NC(=O)c2ccco2)sc1C(=O)Nc1cccc(OC(F)(F)F)c1. The number of ether oxygens (including phenoxy) is 1. The quantitative estimate of drug-likeness (QED) is 0.617. The number of furan rings is 1. The van der Waals surface area contributed by atoms with Crippen molar-refractivity contribution >= 4 is 33.8 Å². The molecule has 0 saturated carbocycles. The lowest BCUT2D eigenvalue weighted by molar-refractivity contribution is -0.274. The average molecular weight is 410 g/mol. The summed E-state index contributed by atoms with van der Waals surface area (Å²) in [6, 6.07) is 9.64. The van der Waals surface area contributed by atoms with Crippen molar-refractivity contribution in [1.29, 1.82) is 0 Å². The summed E-state index contributed by atoms with van der Waals surface area (Å²) >= 11 is 1.03. The number of rotatable bonds is 5. The van der Waals surface area contributed by atoms with Crippen LogP contribution in [0.15, 0.2) is 53.1 Å². The van der Waals surface area contributed by atoms with Crippen LogP contribution in [-0.2, 0) is 0 Å². The van der Waals surface area contributed by atoms with Crippen LogP contribution in [-0.4, -0.2) is 18.2 Å². The molecule has 3 aromatic rings. The maximum Gasteiger partial charge on any atom is 0.573 e. The van der Waals surface area contributed by atoms with E-state index in [0.717, 1.165) is 23.5 Å². The first-order valence-corrected chi connectivity index (χ1v) is 8.65. The third-order valence-corrected chi connectivity index (χ3v) is 4.58. The monoisotopic (exact) mass is 410 g/mol. The van der Waals surface area contributed by atoms with Gasteiger partial charge >= 0.3 is 6.36 Å². The summed E-state index contributed by atoms with van der Waals surface area (Å²) in [5.74, 6) is -1.31. The van der Waals surface area contributed by atoms with Gasteiger partial charge in [0.05, 0.1) is 16.1 Å². The van der Waals surface area contributed by atoms with Crippen LogP contribution >= 0.6 is 11.3 Å². The lowest BCUT2D eigenvalue weighted by atomic mass is 10.2. The van der Waals surface area contributed by atoms with E-state index in [1.54, 1.807) is 19.1 Å². The molecule has 0 aliphatic heterocycles. The first-order valence-electron chi connectivity index (χ1n) is 7.84. The highest BCUT2D eigenvalue weighted by Crippen LogP contribution is 2.29. The summed E-state index contributed by atoms with van der Waals surface area (Å²) in [7, 11) is 0. The average Bonchev–Trinajstić information content (AvgIpc) is 3.23. The first-order chi connectivity index (χ1) is 13.2. The first kappa shape index (κ1) is 19.5. The Hall–Kier alpha value is -3.27. The van der Waals surface area contributed by atoms with Gasteiger partial charge in [0.1, 0.15) is 5.75 Å². The zero-order valence-corrected chi connectivity index (χ0v) is 15.1. The van der Waals surface area contributed by atoms with Crippen molar-refractivity contribution in [2.45, 2.75) is 13.3 Å². The highest BCUT2D eigenvalue weighted by atomic mass is 32.1. The van der Waals surface area contributed by atoms with Crippen molar-refractivity contribution in [3.05, 3.63) is 64.9 Å². The van der Waals surface area contributed by atoms with E-state index in [2.05, 4.69) is 15.4 Å². The van der Waals surface area contributed by atoms with Gasteiger partial charge in [-0.2, -0.15) is 0 Å². The molecule has 2 heterocycles. The summed E-state index contributed by atoms with van der Waals surface area (Å²) in [4.78, 5) is 24.8. The standard InChI is InChI=1S/C18H13F3N2O4S/c1-10-8-14(23-16(24)13-6-3-7-26-13)28-15(10)17(25)22-11-4-2-5-12(9-11)27-18(19,20)21/h2-9H,1H3,(H,22,25)(H,23,24). The molecule has 6 nitrogen and oxygen atoms in total. The number of aryl methyl sites for hydroxylation is 1. The van der Waals surface area contributed by atoms with Gasteiger partial charge in [-0.1, -0.05) is 6.07 Å². The predicted molar refractivity (Wildman–Crippen MR) is 96.8 cm³/mol. The second kappa shape index (κ2) is 7.77. The maximum atomic E-state index is 12.5. The van der Waals surface area contributed by atoms with E-state index in [-0.39, 0.29) is 11.4 Å². The Labute approximate surface area is 160 Å². The molecule has 0 fully saturated rings. The van der Waals surface area contributed by atoms with Crippen molar-refractivity contribution < 1.29 is 31.9 Å². The van der Waals surface area contributed by atoms with E-state index < -0.39 is 23.9 Å². The van der Waals surface area contributed by atoms with Gasteiger partial charge in [0.25, 0.3) is 11.8 Å². The minimum atomic E-state index is -4.83. The van der Waals surface area contributed by atoms with Crippen LogP contribution in [0, 0.1) is 6.92 Å². The van der Waals surface area contributed by atoms with Gasteiger partial charge in [-0.15, -0.1) is 24.5 Å². The molecule has 1 aromatic carbocycles. The zero-order chi connectivity index (χ0) is 20.3. The Kier molecular flexibility index (Phi) is 5.41. The molecule has 0 unspecified atom stereocenters. The fourth-order valence-electron chi connectivity index (χ4n) is 2.31. The lowest BCUT2D eigenvalue weighted by Gasteiger charge is -2.10. The molecule has 3 rings (SSSR count). The van der Waals surface area contributed by atoms with Crippen LogP contribution in [0.4, 0.5) is 23.9 Å². The maximum absolute atomic E-state index is 12.5. The molecule has 2 N–H and O–H groups in total. The Morgan fingerprint density at radius 2 is 1.86 bits per heavy atom. The molecule has 0 spiro atoms. The van der Waals surface area contributed by atoms with E-state index in [0.29, 0.717) is 15.4 Å². The van der Waals surface area contributed by atoms with E-state index in [1.165, 1.54) is 24.5 Å². The number of amides is 2. The Bertz CT molecular complexity index is 997. The van der Waals surface area contributed by atoms with Crippen LogP contribution in [0.3, 0.4) is 0 Å². The fraction of sp³-hybridized carbons (Fsp3) is 0.111. The minimum absolute atomic E-state index is 0.124. The number of carbonyl (C=O) groups is 2. The fourth-order valence-corrected chi connectivity index (χ4v) is 3.27. The van der Waals surface area contributed by atoms with Crippen LogP contribution in [0.1, 0.15) is 25.8 Å². The van der Waals surface area contributed by atoms with E-state index in [1.807, 2.05) is 0 Å². The molecule has 146 valence electrons. The van der Waals surface area contributed by atoms with Crippen LogP contribution in [0.2, 0.25) is 0 Å². The van der Waals surface area contributed by atoms with Gasteiger partial charge in [-0.3, -0.25) is 9.59 Å². The van der Waals surface area contributed by atoms with E-state index in [4.69, 9.17) is 4.42 Å². The van der Waals surface area contributed by atoms with Crippen LogP contribution in [0.25, 0.3) is 0 Å². The largest absolute Gasteiger partial charge is 0.573 e. The molecule has 0 aliphatic rings. The Morgan fingerprint density at radius 3 is 2.54 bits per heavy atom. The molecular formula is C18H13F3N2O4S. The molecule has 2 amide bonds. The van der Waals surface area contributed by atoms with Crippen LogP contribution < -0.4 is 15.4 Å². The Balaban J connectivity index is 1.70. The van der Waals surface area contributed by atoms with E-state index in [9.17, 15) is 22.8 Å². The lowest BCUT2D eigenvalue weighted by Crippen LogP contribution is -2.17. The van der Waals surface area contributed by atoms with Gasteiger partial charge in [0.2, 0.25) is 0 Å². The molecular weight excluding hydrogens is 397 g/mol. The topological polar surface area (TPSA) is 80.6 Å². The number of anilines is 2. The molecule has 0 atom stereocenters. The summed E-state index contributed by atoms with van der Waals surface area (Å²) in [6.07, 6.45) is -3.46. The minimum Gasteiger partial charge on any atom is -0.459 e. The van der Waals surface area contributed by atoms with Crippen molar-refractivity contribution in [2.24, 2.45) is 0 Å². The summed E-state index contributed by atoms with van der Waals surface area (Å²) in [5, 5.41) is 5.56. The number of nitrogens with one attached hydrogen (secondary N) is 2. The van der Waals surface area contributed by atoms with Gasteiger partial charge in [-0.25, -0.2) is 0 Å².